The third kappa shape index (κ3) is 2.65. The Kier molecular flexibility index (Phi) is 3.66. The molecule has 0 spiro atoms. The first-order valence-electron chi connectivity index (χ1n) is 6.87. The van der Waals surface area contributed by atoms with Crippen molar-refractivity contribution in [2.24, 2.45) is 0 Å². The van der Waals surface area contributed by atoms with Crippen LogP contribution in [-0.2, 0) is 19.5 Å². The number of benzene rings is 1. The lowest BCUT2D eigenvalue weighted by Gasteiger charge is -2.33. The van der Waals surface area contributed by atoms with E-state index in [0.717, 1.165) is 17.5 Å². The normalized spacial score (nSPS) is 18.2. The van der Waals surface area contributed by atoms with Crippen LogP contribution in [0.15, 0.2) is 24.3 Å². The first-order chi connectivity index (χ1) is 10.1. The summed E-state index contributed by atoms with van der Waals surface area (Å²) in [4.78, 5) is 3.48. The number of nitrogens with two attached hydrogens (primary N) is 1. The number of hydrogen-bond donors (Lipinski definition) is 1. The van der Waals surface area contributed by atoms with Gasteiger partial charge in [0.15, 0.2) is 0 Å². The average molecular weight is 301 g/mol. The highest BCUT2D eigenvalue weighted by Crippen LogP contribution is 2.36. The zero-order valence-corrected chi connectivity index (χ0v) is 12.6. The highest BCUT2D eigenvalue weighted by molar-refractivity contribution is 7.16. The SMILES string of the molecule is CC1Cc2sc(N)c(C#N)c2CN1Cc1cccc(F)c1. The number of anilines is 1. The van der Waals surface area contributed by atoms with Gasteiger partial charge in [0.25, 0.3) is 0 Å². The third-order valence-corrected chi connectivity index (χ3v) is 5.05. The predicted octanol–water partition coefficient (Wildman–Crippen LogP) is 3.29. The number of nitrogen functional groups attached to an aromatic ring is 1. The number of nitrogens with zero attached hydrogens (tertiary/aromatic N) is 2. The molecule has 2 heterocycles. The molecule has 1 aliphatic heterocycles. The van der Waals surface area contributed by atoms with Crippen LogP contribution in [0.4, 0.5) is 9.39 Å². The summed E-state index contributed by atoms with van der Waals surface area (Å²) in [5.41, 5.74) is 8.54. The summed E-state index contributed by atoms with van der Waals surface area (Å²) < 4.78 is 13.3. The summed E-state index contributed by atoms with van der Waals surface area (Å²) >= 11 is 1.52. The maximum absolute atomic E-state index is 13.3. The molecule has 0 fully saturated rings. The van der Waals surface area contributed by atoms with E-state index < -0.39 is 0 Å². The van der Waals surface area contributed by atoms with Crippen molar-refractivity contribution in [3.63, 3.8) is 0 Å². The van der Waals surface area contributed by atoms with E-state index in [4.69, 9.17) is 5.73 Å². The van der Waals surface area contributed by atoms with Crippen LogP contribution in [-0.4, -0.2) is 10.9 Å². The van der Waals surface area contributed by atoms with E-state index in [-0.39, 0.29) is 5.82 Å². The first kappa shape index (κ1) is 14.1. The Morgan fingerprint density at radius 3 is 3.05 bits per heavy atom. The van der Waals surface area contributed by atoms with Gasteiger partial charge in [-0.05, 0) is 31.0 Å². The van der Waals surface area contributed by atoms with Gasteiger partial charge in [-0.25, -0.2) is 4.39 Å². The minimum absolute atomic E-state index is 0.213. The minimum Gasteiger partial charge on any atom is -0.389 e. The largest absolute Gasteiger partial charge is 0.389 e. The van der Waals surface area contributed by atoms with Gasteiger partial charge in [-0.2, -0.15) is 5.26 Å². The molecule has 3 nitrogen and oxygen atoms in total. The van der Waals surface area contributed by atoms with Crippen molar-refractivity contribution in [1.82, 2.24) is 4.90 Å². The second-order valence-electron chi connectivity index (χ2n) is 5.44. The zero-order valence-electron chi connectivity index (χ0n) is 11.8. The number of hydrogen-bond acceptors (Lipinski definition) is 4. The Morgan fingerprint density at radius 2 is 2.33 bits per heavy atom. The lowest BCUT2D eigenvalue weighted by molar-refractivity contribution is 0.177. The van der Waals surface area contributed by atoms with Gasteiger partial charge in [0.2, 0.25) is 0 Å². The minimum atomic E-state index is -0.213. The van der Waals surface area contributed by atoms with Crippen LogP contribution >= 0.6 is 11.3 Å². The molecular formula is C16H16FN3S. The van der Waals surface area contributed by atoms with Crippen LogP contribution in [0.2, 0.25) is 0 Å². The Balaban J connectivity index is 1.87. The van der Waals surface area contributed by atoms with Crippen LogP contribution < -0.4 is 5.73 Å². The van der Waals surface area contributed by atoms with Crippen molar-refractivity contribution in [3.8, 4) is 6.07 Å². The van der Waals surface area contributed by atoms with Gasteiger partial charge in [-0.3, -0.25) is 4.90 Å². The van der Waals surface area contributed by atoms with Crippen molar-refractivity contribution in [1.29, 1.82) is 5.26 Å². The lowest BCUT2D eigenvalue weighted by atomic mass is 9.99. The standard InChI is InChI=1S/C16H16FN3S/c1-10-5-15-14(13(7-18)16(19)21-15)9-20(10)8-11-3-2-4-12(17)6-11/h2-4,6,10H,5,8-9,19H2,1H3. The Morgan fingerprint density at radius 1 is 1.52 bits per heavy atom. The maximum Gasteiger partial charge on any atom is 0.123 e. The molecule has 21 heavy (non-hydrogen) atoms. The van der Waals surface area contributed by atoms with Crippen LogP contribution in [0, 0.1) is 17.1 Å². The average Bonchev–Trinajstić information content (AvgIpc) is 2.73. The Hall–Kier alpha value is -1.90. The number of nitriles is 1. The van der Waals surface area contributed by atoms with E-state index in [0.29, 0.717) is 29.7 Å². The van der Waals surface area contributed by atoms with E-state index in [9.17, 15) is 9.65 Å². The fourth-order valence-electron chi connectivity index (χ4n) is 2.83. The summed E-state index contributed by atoms with van der Waals surface area (Å²) in [6.07, 6.45) is 0.890. The molecule has 0 saturated heterocycles. The molecule has 108 valence electrons. The van der Waals surface area contributed by atoms with E-state index in [2.05, 4.69) is 17.9 Å². The van der Waals surface area contributed by atoms with Crippen molar-refractivity contribution in [2.45, 2.75) is 32.5 Å². The van der Waals surface area contributed by atoms with Gasteiger partial charge in [0, 0.05) is 29.6 Å². The van der Waals surface area contributed by atoms with E-state index >= 15 is 0 Å². The van der Waals surface area contributed by atoms with E-state index in [1.54, 1.807) is 12.1 Å². The fraction of sp³-hybridized carbons (Fsp3) is 0.312. The van der Waals surface area contributed by atoms with Gasteiger partial charge in [-0.1, -0.05) is 12.1 Å². The molecule has 5 heteroatoms. The van der Waals surface area contributed by atoms with Crippen molar-refractivity contribution in [3.05, 3.63) is 51.7 Å². The van der Waals surface area contributed by atoms with Crippen LogP contribution in [0.1, 0.15) is 28.5 Å². The fourth-order valence-corrected chi connectivity index (χ4v) is 3.98. The smallest absolute Gasteiger partial charge is 0.123 e. The van der Waals surface area contributed by atoms with E-state index in [1.165, 1.54) is 22.3 Å². The quantitative estimate of drug-likeness (QED) is 0.926. The van der Waals surface area contributed by atoms with Crippen molar-refractivity contribution < 1.29 is 4.39 Å². The molecule has 0 radical (unpaired) electrons. The molecular weight excluding hydrogens is 285 g/mol. The molecule has 0 aliphatic carbocycles. The monoisotopic (exact) mass is 301 g/mol. The van der Waals surface area contributed by atoms with E-state index in [1.807, 2.05) is 6.07 Å². The summed E-state index contributed by atoms with van der Waals surface area (Å²) in [5.74, 6) is -0.213. The molecule has 0 bridgehead atoms. The number of rotatable bonds is 2. The molecule has 0 saturated carbocycles. The third-order valence-electron chi connectivity index (χ3n) is 3.97. The summed E-state index contributed by atoms with van der Waals surface area (Å²) in [6.45, 7) is 3.53. The number of thiophene rings is 1. The topological polar surface area (TPSA) is 53.1 Å². The molecule has 2 aromatic rings. The Bertz CT molecular complexity index is 717. The Labute approximate surface area is 127 Å². The maximum atomic E-state index is 13.3. The number of halogens is 1. The van der Waals surface area contributed by atoms with Gasteiger partial charge in [-0.15, -0.1) is 11.3 Å². The molecule has 2 N–H and O–H groups in total. The second kappa shape index (κ2) is 5.47. The molecule has 0 amide bonds. The van der Waals surface area contributed by atoms with Crippen LogP contribution in [0.25, 0.3) is 0 Å². The molecule has 1 aliphatic rings. The van der Waals surface area contributed by atoms with Crippen LogP contribution in [0.3, 0.4) is 0 Å². The van der Waals surface area contributed by atoms with Gasteiger partial charge >= 0.3 is 0 Å². The van der Waals surface area contributed by atoms with Crippen LogP contribution in [0.5, 0.6) is 0 Å². The summed E-state index contributed by atoms with van der Waals surface area (Å²) in [6, 6.07) is 9.24. The van der Waals surface area contributed by atoms with Crippen molar-refractivity contribution in [2.75, 3.05) is 5.73 Å². The molecule has 1 atom stereocenters. The summed E-state index contributed by atoms with van der Waals surface area (Å²) in [5, 5.41) is 9.86. The summed E-state index contributed by atoms with van der Waals surface area (Å²) in [7, 11) is 0. The predicted molar refractivity (Wildman–Crippen MR) is 82.3 cm³/mol. The van der Waals surface area contributed by atoms with Gasteiger partial charge < -0.3 is 5.73 Å². The molecule has 1 aromatic heterocycles. The van der Waals surface area contributed by atoms with Crippen molar-refractivity contribution >= 4 is 16.3 Å². The highest BCUT2D eigenvalue weighted by Gasteiger charge is 2.28. The molecule has 1 unspecified atom stereocenters. The first-order valence-corrected chi connectivity index (χ1v) is 7.68. The number of fused-ring (bicyclic) bond motifs is 1. The second-order valence-corrected chi connectivity index (χ2v) is 6.58. The highest BCUT2D eigenvalue weighted by atomic mass is 32.1. The molecule has 3 rings (SSSR count). The van der Waals surface area contributed by atoms with Gasteiger partial charge in [0.1, 0.15) is 16.9 Å². The zero-order chi connectivity index (χ0) is 15.0. The van der Waals surface area contributed by atoms with Gasteiger partial charge in [0.05, 0.1) is 5.56 Å². The molecule has 1 aromatic carbocycles. The lowest BCUT2D eigenvalue weighted by Crippen LogP contribution is -2.37.